The van der Waals surface area contributed by atoms with E-state index in [0.717, 1.165) is 23.4 Å². The molecule has 0 atom stereocenters. The van der Waals surface area contributed by atoms with Gasteiger partial charge in [-0.3, -0.25) is 0 Å². The zero-order chi connectivity index (χ0) is 19.6. The number of hydrogen-bond acceptors (Lipinski definition) is 6. The molecule has 5 nitrogen and oxygen atoms in total. The third-order valence-corrected chi connectivity index (χ3v) is 4.98. The van der Waals surface area contributed by atoms with E-state index >= 15 is 0 Å². The maximum absolute atomic E-state index is 12.9. The van der Waals surface area contributed by atoms with Gasteiger partial charge in [0, 0.05) is 16.9 Å². The summed E-state index contributed by atoms with van der Waals surface area (Å²) in [6, 6.07) is 10.5. The Morgan fingerprint density at radius 1 is 1.00 bits per heavy atom. The van der Waals surface area contributed by atoms with Crippen molar-refractivity contribution in [2.75, 3.05) is 13.2 Å². The molecule has 0 bridgehead atoms. The molecule has 0 unspecified atom stereocenters. The number of hydrogen-bond donors (Lipinski definition) is 0. The molecule has 28 heavy (non-hydrogen) atoms. The first-order chi connectivity index (χ1) is 13.5. The van der Waals surface area contributed by atoms with E-state index in [0.29, 0.717) is 36.4 Å². The van der Waals surface area contributed by atoms with Gasteiger partial charge in [-0.2, -0.15) is 18.2 Å². The lowest BCUT2D eigenvalue weighted by Gasteiger charge is -2.08. The molecular formula is C19H15F3N2O3S. The van der Waals surface area contributed by atoms with Crippen molar-refractivity contribution < 1.29 is 27.2 Å². The van der Waals surface area contributed by atoms with Crippen molar-refractivity contribution in [1.29, 1.82) is 0 Å². The first-order valence-corrected chi connectivity index (χ1v) is 9.50. The van der Waals surface area contributed by atoms with E-state index < -0.39 is 11.7 Å². The number of benzene rings is 2. The highest BCUT2D eigenvalue weighted by Crippen LogP contribution is 2.35. The standard InChI is InChI=1S/C19H15F3N2O3S/c20-19(21,22)13-4-1-3-12(9-13)18-23-17(27-24-18)11-28-14-5-6-15-16(10-14)26-8-2-7-25-15/h1,3-6,9-10H,2,7-8,11H2. The summed E-state index contributed by atoms with van der Waals surface area (Å²) >= 11 is 1.46. The van der Waals surface area contributed by atoms with Gasteiger partial charge in [0.2, 0.25) is 11.7 Å². The molecule has 1 aliphatic heterocycles. The molecule has 1 aromatic heterocycles. The van der Waals surface area contributed by atoms with E-state index in [2.05, 4.69) is 10.1 Å². The van der Waals surface area contributed by atoms with Crippen LogP contribution in [0.2, 0.25) is 0 Å². The zero-order valence-electron chi connectivity index (χ0n) is 14.5. The number of thioether (sulfide) groups is 1. The second kappa shape index (κ2) is 7.75. The van der Waals surface area contributed by atoms with Gasteiger partial charge >= 0.3 is 6.18 Å². The van der Waals surface area contributed by atoms with Crippen molar-refractivity contribution in [3.8, 4) is 22.9 Å². The Labute approximate surface area is 162 Å². The van der Waals surface area contributed by atoms with Crippen LogP contribution in [0.5, 0.6) is 11.5 Å². The van der Waals surface area contributed by atoms with Gasteiger partial charge in [0.15, 0.2) is 11.5 Å². The topological polar surface area (TPSA) is 57.4 Å². The number of nitrogens with zero attached hydrogens (tertiary/aromatic N) is 2. The fourth-order valence-electron chi connectivity index (χ4n) is 2.64. The lowest BCUT2D eigenvalue weighted by molar-refractivity contribution is -0.137. The van der Waals surface area contributed by atoms with Gasteiger partial charge in [-0.1, -0.05) is 17.3 Å². The SMILES string of the molecule is FC(F)(F)c1cccc(-c2noc(CSc3ccc4c(c3)OCCCO4)n2)c1. The minimum absolute atomic E-state index is 0.125. The number of aromatic nitrogens is 2. The van der Waals surface area contributed by atoms with Crippen LogP contribution in [0.15, 0.2) is 51.9 Å². The summed E-state index contributed by atoms with van der Waals surface area (Å²) in [7, 11) is 0. The van der Waals surface area contributed by atoms with Crippen LogP contribution >= 0.6 is 11.8 Å². The Kier molecular flexibility index (Phi) is 5.17. The Morgan fingerprint density at radius 3 is 2.64 bits per heavy atom. The van der Waals surface area contributed by atoms with E-state index in [1.165, 1.54) is 23.9 Å². The van der Waals surface area contributed by atoms with Gasteiger partial charge in [0.05, 0.1) is 24.5 Å². The second-order valence-electron chi connectivity index (χ2n) is 6.04. The molecule has 146 valence electrons. The summed E-state index contributed by atoms with van der Waals surface area (Å²) < 4.78 is 55.0. The van der Waals surface area contributed by atoms with Crippen molar-refractivity contribution in [1.82, 2.24) is 10.1 Å². The molecule has 0 saturated heterocycles. The van der Waals surface area contributed by atoms with Crippen LogP contribution in [0.1, 0.15) is 17.9 Å². The highest BCUT2D eigenvalue weighted by molar-refractivity contribution is 7.98. The lowest BCUT2D eigenvalue weighted by atomic mass is 10.1. The summed E-state index contributed by atoms with van der Waals surface area (Å²) in [5, 5.41) is 3.79. The molecule has 3 aromatic rings. The number of fused-ring (bicyclic) bond motifs is 1. The molecule has 0 N–H and O–H groups in total. The maximum Gasteiger partial charge on any atom is 0.416 e. The zero-order valence-corrected chi connectivity index (χ0v) is 15.3. The maximum atomic E-state index is 12.9. The summed E-state index contributed by atoms with van der Waals surface area (Å²) in [5.74, 6) is 2.24. The van der Waals surface area contributed by atoms with Gasteiger partial charge in [-0.25, -0.2) is 0 Å². The van der Waals surface area contributed by atoms with Crippen LogP contribution in [-0.4, -0.2) is 23.4 Å². The third kappa shape index (κ3) is 4.24. The predicted octanol–water partition coefficient (Wildman–Crippen LogP) is 5.21. The van der Waals surface area contributed by atoms with Gasteiger partial charge in [0.1, 0.15) is 0 Å². The second-order valence-corrected chi connectivity index (χ2v) is 7.09. The Hall–Kier alpha value is -2.68. The van der Waals surface area contributed by atoms with E-state index in [1.807, 2.05) is 18.2 Å². The number of rotatable bonds is 4. The predicted molar refractivity (Wildman–Crippen MR) is 96.3 cm³/mol. The number of halogens is 3. The molecule has 0 aliphatic carbocycles. The largest absolute Gasteiger partial charge is 0.490 e. The molecule has 1 aliphatic rings. The van der Waals surface area contributed by atoms with Gasteiger partial charge in [-0.15, -0.1) is 11.8 Å². The summed E-state index contributed by atoms with van der Waals surface area (Å²) in [4.78, 5) is 5.13. The van der Waals surface area contributed by atoms with Crippen LogP contribution in [0.25, 0.3) is 11.4 Å². The number of alkyl halides is 3. The molecule has 0 amide bonds. The molecule has 0 spiro atoms. The van der Waals surface area contributed by atoms with Crippen LogP contribution in [0.4, 0.5) is 13.2 Å². The van der Waals surface area contributed by atoms with Crippen molar-refractivity contribution in [3.63, 3.8) is 0 Å². The first kappa shape index (κ1) is 18.7. The molecule has 0 fully saturated rings. The van der Waals surface area contributed by atoms with Crippen molar-refractivity contribution in [2.45, 2.75) is 23.2 Å². The molecule has 2 aromatic carbocycles. The highest BCUT2D eigenvalue weighted by Gasteiger charge is 2.30. The summed E-state index contributed by atoms with van der Waals surface area (Å²) in [5.41, 5.74) is -0.497. The average Bonchev–Trinajstić information content (AvgIpc) is 3.03. The smallest absolute Gasteiger partial charge is 0.416 e. The van der Waals surface area contributed by atoms with Crippen molar-refractivity contribution in [3.05, 3.63) is 53.9 Å². The molecule has 0 saturated carbocycles. The summed E-state index contributed by atoms with van der Waals surface area (Å²) in [6.45, 7) is 1.23. The highest BCUT2D eigenvalue weighted by atomic mass is 32.2. The Morgan fingerprint density at radius 2 is 1.82 bits per heavy atom. The summed E-state index contributed by atoms with van der Waals surface area (Å²) in [6.07, 6.45) is -3.59. The molecule has 4 rings (SSSR count). The average molecular weight is 408 g/mol. The molecular weight excluding hydrogens is 393 g/mol. The third-order valence-electron chi connectivity index (χ3n) is 4.00. The van der Waals surface area contributed by atoms with Gasteiger partial charge in [-0.05, 0) is 30.3 Å². The van der Waals surface area contributed by atoms with Crippen LogP contribution in [-0.2, 0) is 11.9 Å². The van der Waals surface area contributed by atoms with Crippen LogP contribution < -0.4 is 9.47 Å². The van der Waals surface area contributed by atoms with Crippen LogP contribution in [0.3, 0.4) is 0 Å². The molecule has 2 heterocycles. The number of ether oxygens (including phenoxy) is 2. The van der Waals surface area contributed by atoms with Crippen LogP contribution in [0, 0.1) is 0 Å². The first-order valence-electron chi connectivity index (χ1n) is 8.52. The monoisotopic (exact) mass is 408 g/mol. The fraction of sp³-hybridized carbons (Fsp3) is 0.263. The van der Waals surface area contributed by atoms with Crippen molar-refractivity contribution in [2.24, 2.45) is 0 Å². The van der Waals surface area contributed by atoms with E-state index in [9.17, 15) is 13.2 Å². The van der Waals surface area contributed by atoms with Crippen molar-refractivity contribution >= 4 is 11.8 Å². The van der Waals surface area contributed by atoms with E-state index in [-0.39, 0.29) is 11.4 Å². The normalized spacial score (nSPS) is 14.0. The minimum atomic E-state index is -4.42. The van der Waals surface area contributed by atoms with Gasteiger partial charge < -0.3 is 14.0 Å². The van der Waals surface area contributed by atoms with Gasteiger partial charge in [0.25, 0.3) is 0 Å². The molecule has 9 heteroatoms. The Bertz CT molecular complexity index is 975. The quantitative estimate of drug-likeness (QED) is 0.553. The lowest BCUT2D eigenvalue weighted by Crippen LogP contribution is -2.04. The van der Waals surface area contributed by atoms with E-state index in [1.54, 1.807) is 0 Å². The Balaban J connectivity index is 1.45. The minimum Gasteiger partial charge on any atom is -0.490 e. The molecule has 0 radical (unpaired) electrons. The fourth-order valence-corrected chi connectivity index (χ4v) is 3.41. The van der Waals surface area contributed by atoms with E-state index in [4.69, 9.17) is 14.0 Å².